The molecule has 0 amide bonds. The second kappa shape index (κ2) is 6.32. The van der Waals surface area contributed by atoms with E-state index in [4.69, 9.17) is 0 Å². The van der Waals surface area contributed by atoms with Gasteiger partial charge in [-0.25, -0.2) is 0 Å². The Bertz CT molecular complexity index is 828. The van der Waals surface area contributed by atoms with Crippen LogP contribution in [0.15, 0.2) is 60.8 Å². The number of phenols is 1. The van der Waals surface area contributed by atoms with Gasteiger partial charge in [0.15, 0.2) is 0 Å². The van der Waals surface area contributed by atoms with Gasteiger partial charge in [-0.05, 0) is 42.7 Å². The Balaban J connectivity index is 1.98. The Morgan fingerprint density at radius 2 is 1.67 bits per heavy atom. The van der Waals surface area contributed by atoms with Crippen molar-refractivity contribution in [3.05, 3.63) is 60.8 Å². The third kappa shape index (κ3) is 2.60. The van der Waals surface area contributed by atoms with Crippen molar-refractivity contribution in [1.29, 1.82) is 0 Å². The summed E-state index contributed by atoms with van der Waals surface area (Å²) in [5, 5.41) is 18.8. The van der Waals surface area contributed by atoms with Crippen LogP contribution in [0.5, 0.6) is 5.75 Å². The fraction of sp³-hybridized carbons (Fsp3) is 0.200. The summed E-state index contributed by atoms with van der Waals surface area (Å²) in [7, 11) is 0. The van der Waals surface area contributed by atoms with E-state index in [0.29, 0.717) is 5.69 Å². The molecular formula is C20H19N3O. The zero-order valence-corrected chi connectivity index (χ0v) is 13.4. The number of aromatic hydroxyl groups is 1. The minimum Gasteiger partial charge on any atom is -0.507 e. The third-order valence-corrected chi connectivity index (χ3v) is 4.49. The van der Waals surface area contributed by atoms with E-state index in [0.717, 1.165) is 35.5 Å². The maximum atomic E-state index is 10.6. The molecular weight excluding hydrogens is 298 g/mol. The number of phenolic OH excluding ortho intramolecular Hbond substituents is 1. The minimum absolute atomic E-state index is 0.247. The van der Waals surface area contributed by atoms with Crippen molar-refractivity contribution in [2.75, 3.05) is 18.0 Å². The van der Waals surface area contributed by atoms with E-state index in [1.165, 1.54) is 12.8 Å². The topological polar surface area (TPSA) is 49.2 Å². The lowest BCUT2D eigenvalue weighted by Gasteiger charge is -2.25. The predicted octanol–water partition coefficient (Wildman–Crippen LogP) is 4.12. The van der Waals surface area contributed by atoms with Gasteiger partial charge in [-0.2, -0.15) is 10.2 Å². The van der Waals surface area contributed by atoms with Crippen LogP contribution in [0, 0.1) is 0 Å². The molecule has 1 aliphatic rings. The fourth-order valence-corrected chi connectivity index (χ4v) is 3.39. The van der Waals surface area contributed by atoms with Crippen molar-refractivity contribution in [3.63, 3.8) is 0 Å². The van der Waals surface area contributed by atoms with Gasteiger partial charge in [0.05, 0.1) is 16.9 Å². The summed E-state index contributed by atoms with van der Waals surface area (Å²) >= 11 is 0. The number of nitrogens with zero attached hydrogens (tertiary/aromatic N) is 3. The van der Waals surface area contributed by atoms with Crippen molar-refractivity contribution >= 4 is 5.69 Å². The van der Waals surface area contributed by atoms with Crippen molar-refractivity contribution in [2.24, 2.45) is 0 Å². The summed E-state index contributed by atoms with van der Waals surface area (Å²) in [6.07, 6.45) is 3.99. The Labute approximate surface area is 141 Å². The van der Waals surface area contributed by atoms with Crippen molar-refractivity contribution in [3.8, 4) is 28.1 Å². The highest BCUT2D eigenvalue weighted by Gasteiger charge is 2.24. The third-order valence-electron chi connectivity index (χ3n) is 4.49. The molecule has 1 aromatic heterocycles. The molecule has 1 saturated heterocycles. The molecule has 1 aliphatic heterocycles. The van der Waals surface area contributed by atoms with Gasteiger partial charge < -0.3 is 10.0 Å². The summed E-state index contributed by atoms with van der Waals surface area (Å²) in [4.78, 5) is 2.35. The van der Waals surface area contributed by atoms with Gasteiger partial charge in [-0.3, -0.25) is 0 Å². The average molecular weight is 317 g/mol. The van der Waals surface area contributed by atoms with Crippen LogP contribution >= 0.6 is 0 Å². The molecule has 4 nitrogen and oxygen atoms in total. The van der Waals surface area contributed by atoms with Crippen molar-refractivity contribution in [1.82, 2.24) is 10.2 Å². The van der Waals surface area contributed by atoms with Crippen LogP contribution in [0.4, 0.5) is 5.69 Å². The highest BCUT2D eigenvalue weighted by Crippen LogP contribution is 2.44. The van der Waals surface area contributed by atoms with E-state index in [1.54, 1.807) is 12.3 Å². The highest BCUT2D eigenvalue weighted by molar-refractivity contribution is 5.93. The number of hydrogen-bond acceptors (Lipinski definition) is 4. The second-order valence-electron chi connectivity index (χ2n) is 6.02. The van der Waals surface area contributed by atoms with Crippen LogP contribution in [-0.2, 0) is 0 Å². The second-order valence-corrected chi connectivity index (χ2v) is 6.02. The predicted molar refractivity (Wildman–Crippen MR) is 96.0 cm³/mol. The van der Waals surface area contributed by atoms with Gasteiger partial charge in [-0.15, -0.1) is 0 Å². The van der Waals surface area contributed by atoms with Gasteiger partial charge >= 0.3 is 0 Å². The van der Waals surface area contributed by atoms with Crippen LogP contribution in [0.2, 0.25) is 0 Å². The van der Waals surface area contributed by atoms with Crippen LogP contribution in [0.1, 0.15) is 12.8 Å². The first-order valence-corrected chi connectivity index (χ1v) is 8.29. The summed E-state index contributed by atoms with van der Waals surface area (Å²) < 4.78 is 0. The Morgan fingerprint density at radius 3 is 2.38 bits per heavy atom. The van der Waals surface area contributed by atoms with Crippen molar-refractivity contribution in [2.45, 2.75) is 12.8 Å². The molecule has 0 atom stereocenters. The average Bonchev–Trinajstić information content (AvgIpc) is 3.17. The highest BCUT2D eigenvalue weighted by atomic mass is 16.3. The van der Waals surface area contributed by atoms with E-state index in [2.05, 4.69) is 27.2 Å². The normalized spacial score (nSPS) is 14.1. The van der Waals surface area contributed by atoms with Gasteiger partial charge in [0.25, 0.3) is 0 Å². The molecule has 2 heterocycles. The maximum absolute atomic E-state index is 10.6. The Hall–Kier alpha value is -2.88. The number of anilines is 1. The Kier molecular flexibility index (Phi) is 3.87. The first kappa shape index (κ1) is 14.7. The lowest BCUT2D eigenvalue weighted by molar-refractivity contribution is 0.477. The van der Waals surface area contributed by atoms with Gasteiger partial charge in [0.1, 0.15) is 5.75 Å². The molecule has 24 heavy (non-hydrogen) atoms. The molecule has 0 aliphatic carbocycles. The molecule has 120 valence electrons. The zero-order valence-electron chi connectivity index (χ0n) is 13.4. The van der Waals surface area contributed by atoms with Gasteiger partial charge in [-0.1, -0.05) is 30.3 Å². The molecule has 0 saturated carbocycles. The first-order valence-electron chi connectivity index (χ1n) is 8.29. The summed E-state index contributed by atoms with van der Waals surface area (Å²) in [6.45, 7) is 1.99. The van der Waals surface area contributed by atoms with Crippen LogP contribution in [-0.4, -0.2) is 28.4 Å². The molecule has 3 aromatic rings. The Morgan fingerprint density at radius 1 is 0.875 bits per heavy atom. The first-order chi connectivity index (χ1) is 11.8. The van der Waals surface area contributed by atoms with E-state index in [9.17, 15) is 5.11 Å². The number of rotatable bonds is 3. The van der Waals surface area contributed by atoms with E-state index < -0.39 is 0 Å². The molecule has 1 N–H and O–H groups in total. The van der Waals surface area contributed by atoms with Gasteiger partial charge in [0, 0.05) is 24.8 Å². The molecule has 4 rings (SSSR count). The van der Waals surface area contributed by atoms with Crippen LogP contribution in [0.3, 0.4) is 0 Å². The smallest absolute Gasteiger partial charge is 0.127 e. The lowest BCUT2D eigenvalue weighted by atomic mass is 9.96. The van der Waals surface area contributed by atoms with Crippen LogP contribution in [0.25, 0.3) is 22.4 Å². The molecule has 4 heteroatoms. The zero-order chi connectivity index (χ0) is 16.4. The largest absolute Gasteiger partial charge is 0.507 e. The summed E-state index contributed by atoms with van der Waals surface area (Å²) in [5.41, 5.74) is 4.79. The van der Waals surface area contributed by atoms with Crippen LogP contribution < -0.4 is 4.90 Å². The molecule has 0 bridgehead atoms. The minimum atomic E-state index is 0.247. The van der Waals surface area contributed by atoms with Gasteiger partial charge in [0.2, 0.25) is 0 Å². The number of aromatic nitrogens is 2. The fourth-order valence-electron chi connectivity index (χ4n) is 3.39. The molecule has 0 spiro atoms. The molecule has 1 fully saturated rings. The molecule has 0 radical (unpaired) electrons. The number of benzene rings is 2. The molecule has 2 aromatic carbocycles. The van der Waals surface area contributed by atoms with Crippen molar-refractivity contribution < 1.29 is 5.11 Å². The quantitative estimate of drug-likeness (QED) is 0.789. The monoisotopic (exact) mass is 317 g/mol. The summed E-state index contributed by atoms with van der Waals surface area (Å²) in [6, 6.07) is 17.8. The van der Waals surface area contributed by atoms with E-state index in [1.807, 2.05) is 36.4 Å². The summed E-state index contributed by atoms with van der Waals surface area (Å²) in [5.74, 6) is 0.247. The standard InChI is InChI=1S/C20H19N3O/c24-18-11-10-16(15-7-2-1-3-8-15)20(23-13-4-5-14-23)19(18)17-9-6-12-21-22-17/h1-3,6-12,24H,4-5,13-14H2. The number of hydrogen-bond donors (Lipinski definition) is 1. The lowest BCUT2D eigenvalue weighted by Crippen LogP contribution is -2.19. The SMILES string of the molecule is Oc1ccc(-c2ccccc2)c(N2CCCC2)c1-c1cccnn1. The van der Waals surface area contributed by atoms with E-state index in [-0.39, 0.29) is 5.75 Å². The molecule has 0 unspecified atom stereocenters. The van der Waals surface area contributed by atoms with E-state index >= 15 is 0 Å². The maximum Gasteiger partial charge on any atom is 0.127 e.